The topological polar surface area (TPSA) is 24.4 Å². The van der Waals surface area contributed by atoms with Gasteiger partial charge in [0, 0.05) is 5.56 Å². The van der Waals surface area contributed by atoms with Gasteiger partial charge in [-0.25, -0.2) is 0 Å². The summed E-state index contributed by atoms with van der Waals surface area (Å²) in [4.78, 5) is 0. The molecular weight excluding hydrogens is 240 g/mol. The SMILES string of the molecule is Cc1ccc([C@@H]2NN=C(c3ccccc3)S2)cc1. The van der Waals surface area contributed by atoms with Crippen molar-refractivity contribution in [2.45, 2.75) is 12.3 Å². The van der Waals surface area contributed by atoms with Crippen molar-refractivity contribution in [1.29, 1.82) is 0 Å². The van der Waals surface area contributed by atoms with Gasteiger partial charge in [0.05, 0.1) is 0 Å². The molecule has 0 saturated heterocycles. The number of thioether (sulfide) groups is 1. The second-order valence-corrected chi connectivity index (χ2v) is 5.41. The molecule has 1 aliphatic rings. The van der Waals surface area contributed by atoms with E-state index in [4.69, 9.17) is 0 Å². The van der Waals surface area contributed by atoms with Crippen LogP contribution in [-0.4, -0.2) is 5.04 Å². The second kappa shape index (κ2) is 4.86. The van der Waals surface area contributed by atoms with Crippen molar-refractivity contribution < 1.29 is 0 Å². The molecule has 1 N–H and O–H groups in total. The fourth-order valence-electron chi connectivity index (χ4n) is 1.88. The lowest BCUT2D eigenvalue weighted by Crippen LogP contribution is -2.06. The first kappa shape index (κ1) is 11.4. The van der Waals surface area contributed by atoms with Gasteiger partial charge in [0.15, 0.2) is 0 Å². The molecule has 0 fully saturated rings. The summed E-state index contributed by atoms with van der Waals surface area (Å²) in [6.45, 7) is 2.10. The highest BCUT2D eigenvalue weighted by Crippen LogP contribution is 2.33. The molecule has 1 atom stereocenters. The Kier molecular flexibility index (Phi) is 3.07. The number of hydrogen-bond donors (Lipinski definition) is 1. The van der Waals surface area contributed by atoms with Gasteiger partial charge in [-0.05, 0) is 12.5 Å². The van der Waals surface area contributed by atoms with Crippen LogP contribution in [0.5, 0.6) is 0 Å². The summed E-state index contributed by atoms with van der Waals surface area (Å²) in [5, 5.41) is 5.70. The van der Waals surface area contributed by atoms with Gasteiger partial charge in [-0.2, -0.15) is 5.10 Å². The molecule has 0 aromatic heterocycles. The number of nitrogens with zero attached hydrogens (tertiary/aromatic N) is 1. The molecule has 18 heavy (non-hydrogen) atoms. The molecule has 2 aromatic rings. The summed E-state index contributed by atoms with van der Waals surface area (Å²) >= 11 is 1.76. The Morgan fingerprint density at radius 3 is 2.44 bits per heavy atom. The van der Waals surface area contributed by atoms with E-state index in [9.17, 15) is 0 Å². The van der Waals surface area contributed by atoms with Gasteiger partial charge in [0.25, 0.3) is 0 Å². The largest absolute Gasteiger partial charge is 0.291 e. The molecular formula is C15H14N2S. The minimum atomic E-state index is 0.223. The van der Waals surface area contributed by atoms with Crippen LogP contribution in [0.2, 0.25) is 0 Å². The minimum absolute atomic E-state index is 0.223. The predicted octanol–water partition coefficient (Wildman–Crippen LogP) is 3.69. The number of hydrazone groups is 1. The molecule has 2 aromatic carbocycles. The smallest absolute Gasteiger partial charge is 0.126 e. The molecule has 0 amide bonds. The Hall–Kier alpha value is -1.74. The van der Waals surface area contributed by atoms with Crippen LogP contribution in [0.4, 0.5) is 0 Å². The average molecular weight is 254 g/mol. The number of benzene rings is 2. The molecule has 3 rings (SSSR count). The van der Waals surface area contributed by atoms with Crippen molar-refractivity contribution in [2.24, 2.45) is 5.10 Å². The van der Waals surface area contributed by atoms with Crippen LogP contribution in [0.15, 0.2) is 59.7 Å². The number of nitrogens with one attached hydrogen (secondary N) is 1. The van der Waals surface area contributed by atoms with E-state index in [1.165, 1.54) is 16.7 Å². The second-order valence-electron chi connectivity index (χ2n) is 4.32. The van der Waals surface area contributed by atoms with E-state index >= 15 is 0 Å². The van der Waals surface area contributed by atoms with Gasteiger partial charge in [-0.1, -0.05) is 71.9 Å². The maximum atomic E-state index is 4.42. The third kappa shape index (κ3) is 2.27. The van der Waals surface area contributed by atoms with Crippen molar-refractivity contribution in [1.82, 2.24) is 5.43 Å². The summed E-state index contributed by atoms with van der Waals surface area (Å²) in [5.41, 5.74) is 6.91. The molecule has 3 heteroatoms. The van der Waals surface area contributed by atoms with Crippen molar-refractivity contribution in [2.75, 3.05) is 0 Å². The molecule has 0 radical (unpaired) electrons. The van der Waals surface area contributed by atoms with Crippen LogP contribution in [-0.2, 0) is 0 Å². The number of hydrogen-bond acceptors (Lipinski definition) is 3. The van der Waals surface area contributed by atoms with E-state index in [1.807, 2.05) is 18.2 Å². The molecule has 1 heterocycles. The fraction of sp³-hybridized carbons (Fsp3) is 0.133. The lowest BCUT2D eigenvalue weighted by molar-refractivity contribution is 0.743. The lowest BCUT2D eigenvalue weighted by atomic mass is 10.1. The van der Waals surface area contributed by atoms with E-state index < -0.39 is 0 Å². The standard InChI is InChI=1S/C15H14N2S/c1-11-7-9-13(10-8-11)15-17-16-14(18-15)12-5-3-2-4-6-12/h2-10,15,17H,1H3/t15-/m1/s1. The average Bonchev–Trinajstić information content (AvgIpc) is 2.90. The Balaban J connectivity index is 1.76. The van der Waals surface area contributed by atoms with Crippen LogP contribution in [0.25, 0.3) is 0 Å². The third-order valence-corrected chi connectivity index (χ3v) is 4.08. The third-order valence-electron chi connectivity index (χ3n) is 2.91. The summed E-state index contributed by atoms with van der Waals surface area (Å²) in [7, 11) is 0. The zero-order chi connectivity index (χ0) is 12.4. The molecule has 90 valence electrons. The lowest BCUT2D eigenvalue weighted by Gasteiger charge is -2.09. The van der Waals surface area contributed by atoms with Gasteiger partial charge in [-0.3, -0.25) is 5.43 Å². The van der Waals surface area contributed by atoms with Crippen LogP contribution in [0.3, 0.4) is 0 Å². The maximum Gasteiger partial charge on any atom is 0.126 e. The monoisotopic (exact) mass is 254 g/mol. The quantitative estimate of drug-likeness (QED) is 0.884. The molecule has 0 bridgehead atoms. The fourth-order valence-corrected chi connectivity index (χ4v) is 2.88. The van der Waals surface area contributed by atoms with E-state index in [0.29, 0.717) is 0 Å². The number of aryl methyl sites for hydroxylation is 1. The highest BCUT2D eigenvalue weighted by atomic mass is 32.2. The number of rotatable bonds is 2. The van der Waals surface area contributed by atoms with Gasteiger partial charge in [-0.15, -0.1) is 0 Å². The predicted molar refractivity (Wildman–Crippen MR) is 77.6 cm³/mol. The van der Waals surface area contributed by atoms with E-state index in [2.05, 4.69) is 53.8 Å². The Bertz CT molecular complexity index is 561. The molecule has 0 saturated carbocycles. The van der Waals surface area contributed by atoms with E-state index in [1.54, 1.807) is 11.8 Å². The zero-order valence-corrected chi connectivity index (χ0v) is 10.9. The summed E-state index contributed by atoms with van der Waals surface area (Å²) < 4.78 is 0. The Labute approximate surface area is 111 Å². The van der Waals surface area contributed by atoms with E-state index in [0.717, 1.165) is 5.04 Å². The first-order chi connectivity index (χ1) is 8.83. The molecule has 0 spiro atoms. The zero-order valence-electron chi connectivity index (χ0n) is 10.1. The summed E-state index contributed by atoms with van der Waals surface area (Å²) in [5.74, 6) is 0. The highest BCUT2D eigenvalue weighted by molar-refractivity contribution is 8.14. The van der Waals surface area contributed by atoms with Crippen molar-refractivity contribution in [3.05, 3.63) is 71.3 Å². The van der Waals surface area contributed by atoms with Crippen LogP contribution < -0.4 is 5.43 Å². The highest BCUT2D eigenvalue weighted by Gasteiger charge is 2.21. The van der Waals surface area contributed by atoms with Gasteiger partial charge in [0.1, 0.15) is 10.4 Å². The minimum Gasteiger partial charge on any atom is -0.291 e. The first-order valence-electron chi connectivity index (χ1n) is 5.95. The van der Waals surface area contributed by atoms with Gasteiger partial charge >= 0.3 is 0 Å². The summed E-state index contributed by atoms with van der Waals surface area (Å²) in [6, 6.07) is 18.9. The Morgan fingerprint density at radius 2 is 1.72 bits per heavy atom. The molecule has 1 aliphatic heterocycles. The van der Waals surface area contributed by atoms with Crippen molar-refractivity contribution in [3.8, 4) is 0 Å². The molecule has 0 unspecified atom stereocenters. The van der Waals surface area contributed by atoms with Crippen LogP contribution in [0, 0.1) is 6.92 Å². The maximum absolute atomic E-state index is 4.42. The van der Waals surface area contributed by atoms with Gasteiger partial charge in [0.2, 0.25) is 0 Å². The molecule has 2 nitrogen and oxygen atoms in total. The van der Waals surface area contributed by atoms with E-state index in [-0.39, 0.29) is 5.37 Å². The summed E-state index contributed by atoms with van der Waals surface area (Å²) in [6.07, 6.45) is 0. The Morgan fingerprint density at radius 1 is 1.00 bits per heavy atom. The van der Waals surface area contributed by atoms with Crippen molar-refractivity contribution in [3.63, 3.8) is 0 Å². The first-order valence-corrected chi connectivity index (χ1v) is 6.83. The van der Waals surface area contributed by atoms with Crippen LogP contribution in [0.1, 0.15) is 22.1 Å². The van der Waals surface area contributed by atoms with Gasteiger partial charge < -0.3 is 0 Å². The normalized spacial score (nSPS) is 18.3. The van der Waals surface area contributed by atoms with Crippen LogP contribution >= 0.6 is 11.8 Å². The molecule has 0 aliphatic carbocycles. The van der Waals surface area contributed by atoms with Crippen molar-refractivity contribution >= 4 is 16.8 Å².